The maximum Gasteiger partial charge on any atom is 0.410 e. The summed E-state index contributed by atoms with van der Waals surface area (Å²) in [5.74, 6) is -0.372. The average molecular weight is 339 g/mol. The molecule has 2 amide bonds. The first-order valence-corrected chi connectivity index (χ1v) is 8.06. The number of carbonyl (C=O) groups excluding carboxylic acids is 2. The van der Waals surface area contributed by atoms with Crippen molar-refractivity contribution in [2.75, 3.05) is 13.1 Å². The number of nitrogens with two attached hydrogens (primary N) is 1. The van der Waals surface area contributed by atoms with Gasteiger partial charge >= 0.3 is 6.09 Å². The largest absolute Gasteiger partial charge is 0.444 e. The molecule has 0 spiro atoms. The van der Waals surface area contributed by atoms with Gasteiger partial charge in [0.15, 0.2) is 0 Å². The van der Waals surface area contributed by atoms with Gasteiger partial charge in [0, 0.05) is 18.1 Å². The van der Waals surface area contributed by atoms with Crippen LogP contribution in [-0.4, -0.2) is 35.6 Å². The monoisotopic (exact) mass is 338 g/mol. The van der Waals surface area contributed by atoms with Crippen LogP contribution < -0.4 is 5.73 Å². The zero-order valence-corrected chi connectivity index (χ0v) is 14.5. The summed E-state index contributed by atoms with van der Waals surface area (Å²) >= 11 is 5.92. The van der Waals surface area contributed by atoms with Crippen molar-refractivity contribution in [2.45, 2.75) is 44.6 Å². The number of benzene rings is 1. The topological polar surface area (TPSA) is 72.6 Å². The molecule has 1 fully saturated rings. The van der Waals surface area contributed by atoms with Gasteiger partial charge in [0.25, 0.3) is 0 Å². The molecule has 0 unspecified atom stereocenters. The number of rotatable bonds is 2. The number of amides is 2. The van der Waals surface area contributed by atoms with Crippen molar-refractivity contribution in [1.29, 1.82) is 0 Å². The molecule has 0 saturated carbocycles. The standard InChI is InChI=1S/C17H23ClN2O3/c1-16(2,3)23-15(22)20-10-8-17(9-11-20,14(19)21)12-4-6-13(18)7-5-12/h4-7H,8-11H2,1-3H3,(H2,19,21). The molecule has 5 nitrogen and oxygen atoms in total. The molecule has 23 heavy (non-hydrogen) atoms. The van der Waals surface area contributed by atoms with E-state index in [1.54, 1.807) is 17.0 Å². The number of ether oxygens (including phenoxy) is 1. The van der Waals surface area contributed by atoms with Gasteiger partial charge in [-0.25, -0.2) is 4.79 Å². The van der Waals surface area contributed by atoms with E-state index in [9.17, 15) is 9.59 Å². The summed E-state index contributed by atoms with van der Waals surface area (Å²) in [5, 5.41) is 0.611. The van der Waals surface area contributed by atoms with Gasteiger partial charge in [-0.3, -0.25) is 4.79 Å². The van der Waals surface area contributed by atoms with Gasteiger partial charge in [-0.2, -0.15) is 0 Å². The van der Waals surface area contributed by atoms with E-state index >= 15 is 0 Å². The van der Waals surface area contributed by atoms with E-state index in [0.29, 0.717) is 31.0 Å². The Balaban J connectivity index is 2.14. The van der Waals surface area contributed by atoms with E-state index in [-0.39, 0.29) is 12.0 Å². The quantitative estimate of drug-likeness (QED) is 0.900. The van der Waals surface area contributed by atoms with Crippen molar-refractivity contribution in [2.24, 2.45) is 5.73 Å². The molecule has 2 N–H and O–H groups in total. The minimum absolute atomic E-state index is 0.355. The highest BCUT2D eigenvalue weighted by molar-refractivity contribution is 6.30. The Hall–Kier alpha value is -1.75. The maximum atomic E-state index is 12.1. The van der Waals surface area contributed by atoms with Crippen LogP contribution in [0.2, 0.25) is 5.02 Å². The molecular weight excluding hydrogens is 316 g/mol. The van der Waals surface area contributed by atoms with Crippen molar-refractivity contribution in [3.05, 3.63) is 34.9 Å². The molecule has 0 atom stereocenters. The number of piperidine rings is 1. The van der Waals surface area contributed by atoms with Crippen molar-refractivity contribution in [3.63, 3.8) is 0 Å². The third kappa shape index (κ3) is 3.96. The minimum atomic E-state index is -0.761. The molecule has 1 aliphatic heterocycles. The first-order chi connectivity index (χ1) is 10.6. The number of carbonyl (C=O) groups is 2. The fourth-order valence-electron chi connectivity index (χ4n) is 2.84. The first kappa shape index (κ1) is 17.6. The number of likely N-dealkylation sites (tertiary alicyclic amines) is 1. The lowest BCUT2D eigenvalue weighted by Crippen LogP contribution is -2.52. The Morgan fingerprint density at radius 1 is 1.17 bits per heavy atom. The average Bonchev–Trinajstić information content (AvgIpc) is 2.46. The Morgan fingerprint density at radius 3 is 2.13 bits per heavy atom. The van der Waals surface area contributed by atoms with Crippen LogP contribution in [0.4, 0.5) is 4.79 Å². The molecule has 2 rings (SSSR count). The van der Waals surface area contributed by atoms with Gasteiger partial charge in [-0.05, 0) is 51.3 Å². The second kappa shape index (κ2) is 6.40. The predicted octanol–water partition coefficient (Wildman–Crippen LogP) is 3.09. The molecule has 1 aromatic rings. The molecule has 0 aliphatic carbocycles. The van der Waals surface area contributed by atoms with Gasteiger partial charge in [0.05, 0.1) is 5.41 Å². The van der Waals surface area contributed by atoms with Crippen molar-refractivity contribution in [1.82, 2.24) is 4.90 Å². The molecule has 1 aromatic carbocycles. The summed E-state index contributed by atoms with van der Waals surface area (Å²) in [7, 11) is 0. The Morgan fingerprint density at radius 2 is 1.70 bits per heavy atom. The summed E-state index contributed by atoms with van der Waals surface area (Å²) in [6.07, 6.45) is 0.596. The number of halogens is 1. The molecule has 0 aromatic heterocycles. The SMILES string of the molecule is CC(C)(C)OC(=O)N1CCC(C(N)=O)(c2ccc(Cl)cc2)CC1. The normalized spacial score (nSPS) is 17.7. The lowest BCUT2D eigenvalue weighted by molar-refractivity contribution is -0.125. The summed E-state index contributed by atoms with van der Waals surface area (Å²) in [6.45, 7) is 6.35. The lowest BCUT2D eigenvalue weighted by Gasteiger charge is -2.40. The van der Waals surface area contributed by atoms with Crippen LogP contribution in [0.15, 0.2) is 24.3 Å². The van der Waals surface area contributed by atoms with Gasteiger partial charge in [-0.15, -0.1) is 0 Å². The molecule has 6 heteroatoms. The van der Waals surface area contributed by atoms with Gasteiger partial charge < -0.3 is 15.4 Å². The first-order valence-electron chi connectivity index (χ1n) is 7.68. The molecule has 1 aliphatic rings. The van der Waals surface area contributed by atoms with Crippen molar-refractivity contribution in [3.8, 4) is 0 Å². The number of nitrogens with zero attached hydrogens (tertiary/aromatic N) is 1. The van der Waals surface area contributed by atoms with Crippen LogP contribution in [0, 0.1) is 0 Å². The van der Waals surface area contributed by atoms with E-state index in [0.717, 1.165) is 5.56 Å². The molecular formula is C17H23ClN2O3. The second-order valence-electron chi connectivity index (χ2n) is 6.92. The van der Waals surface area contributed by atoms with E-state index in [1.165, 1.54) is 0 Å². The van der Waals surface area contributed by atoms with Gasteiger partial charge in [0.2, 0.25) is 5.91 Å². The van der Waals surface area contributed by atoms with Crippen LogP contribution in [0.25, 0.3) is 0 Å². The van der Waals surface area contributed by atoms with Gasteiger partial charge in [-0.1, -0.05) is 23.7 Å². The van der Waals surface area contributed by atoms with Crippen LogP contribution in [0.1, 0.15) is 39.2 Å². The maximum absolute atomic E-state index is 12.1. The van der Waals surface area contributed by atoms with E-state index < -0.39 is 11.0 Å². The Kier molecular flexibility index (Phi) is 4.90. The summed E-state index contributed by atoms with van der Waals surface area (Å²) in [5.41, 5.74) is 5.24. The summed E-state index contributed by atoms with van der Waals surface area (Å²) in [6, 6.07) is 7.16. The smallest absolute Gasteiger partial charge is 0.410 e. The van der Waals surface area contributed by atoms with Crippen molar-refractivity contribution >= 4 is 23.6 Å². The van der Waals surface area contributed by atoms with E-state index in [4.69, 9.17) is 22.1 Å². The van der Waals surface area contributed by atoms with E-state index in [2.05, 4.69) is 0 Å². The number of primary amides is 1. The lowest BCUT2D eigenvalue weighted by atomic mass is 9.72. The highest BCUT2D eigenvalue weighted by Crippen LogP contribution is 2.36. The number of hydrogen-bond donors (Lipinski definition) is 1. The summed E-state index contributed by atoms with van der Waals surface area (Å²) in [4.78, 5) is 25.9. The third-order valence-electron chi connectivity index (χ3n) is 4.14. The molecule has 0 bridgehead atoms. The number of hydrogen-bond acceptors (Lipinski definition) is 3. The third-order valence-corrected chi connectivity index (χ3v) is 4.39. The Bertz CT molecular complexity index is 585. The highest BCUT2D eigenvalue weighted by atomic mass is 35.5. The predicted molar refractivity (Wildman–Crippen MR) is 89.4 cm³/mol. The van der Waals surface area contributed by atoms with Crippen LogP contribution in [-0.2, 0) is 14.9 Å². The van der Waals surface area contributed by atoms with Crippen LogP contribution in [0.5, 0.6) is 0 Å². The zero-order valence-electron chi connectivity index (χ0n) is 13.8. The molecule has 126 valence electrons. The molecule has 0 radical (unpaired) electrons. The zero-order chi connectivity index (χ0) is 17.3. The minimum Gasteiger partial charge on any atom is -0.444 e. The summed E-state index contributed by atoms with van der Waals surface area (Å²) < 4.78 is 5.38. The van der Waals surface area contributed by atoms with E-state index in [1.807, 2.05) is 32.9 Å². The van der Waals surface area contributed by atoms with Crippen molar-refractivity contribution < 1.29 is 14.3 Å². The fraction of sp³-hybridized carbons (Fsp3) is 0.529. The van der Waals surface area contributed by atoms with Gasteiger partial charge in [0.1, 0.15) is 5.60 Å². The fourth-order valence-corrected chi connectivity index (χ4v) is 2.97. The molecule has 1 saturated heterocycles. The second-order valence-corrected chi connectivity index (χ2v) is 7.36. The van der Waals surface area contributed by atoms with Crippen LogP contribution in [0.3, 0.4) is 0 Å². The molecule has 1 heterocycles. The van der Waals surface area contributed by atoms with Crippen LogP contribution >= 0.6 is 11.6 Å². The highest BCUT2D eigenvalue weighted by Gasteiger charge is 2.43. The Labute approximate surface area is 141 Å².